The maximum absolute atomic E-state index is 12.4. The molecule has 0 amide bonds. The third-order valence-electron chi connectivity index (χ3n) is 8.96. The van der Waals surface area contributed by atoms with Crippen molar-refractivity contribution in [3.05, 3.63) is 48.0 Å². The molecule has 0 aliphatic heterocycles. The van der Waals surface area contributed by atoms with E-state index >= 15 is 0 Å². The zero-order valence-electron chi connectivity index (χ0n) is 25.2. The quantitative estimate of drug-likeness (QED) is 0.221. The number of allylic oxidation sites excluding steroid dienone is 2. The van der Waals surface area contributed by atoms with Gasteiger partial charge in [-0.15, -0.1) is 0 Å². The Morgan fingerprint density at radius 1 is 1.08 bits per heavy atom. The van der Waals surface area contributed by atoms with Gasteiger partial charge in [-0.3, -0.25) is 4.79 Å². The third kappa shape index (κ3) is 8.40. The number of rotatable bonds is 12. The van der Waals surface area contributed by atoms with Crippen LogP contribution in [-0.2, 0) is 16.0 Å². The fourth-order valence-corrected chi connectivity index (χ4v) is 6.25. The van der Waals surface area contributed by atoms with Gasteiger partial charge in [0.2, 0.25) is 0 Å². The molecule has 4 unspecified atom stereocenters. The van der Waals surface area contributed by atoms with Crippen molar-refractivity contribution in [3.63, 3.8) is 0 Å². The van der Waals surface area contributed by atoms with Crippen molar-refractivity contribution in [1.29, 1.82) is 0 Å². The van der Waals surface area contributed by atoms with E-state index in [0.717, 1.165) is 6.42 Å². The van der Waals surface area contributed by atoms with Crippen molar-refractivity contribution in [3.8, 4) is 0 Å². The minimum atomic E-state index is -0.642. The fraction of sp³-hybridized carbons (Fsp3) is 0.727. The summed E-state index contributed by atoms with van der Waals surface area (Å²) in [5.74, 6) is -0.448. The molecule has 0 spiro atoms. The normalized spacial score (nSPS) is 30.1. The summed E-state index contributed by atoms with van der Waals surface area (Å²) in [7, 11) is 0. The van der Waals surface area contributed by atoms with E-state index in [1.807, 2.05) is 52.8 Å². The highest BCUT2D eigenvalue weighted by molar-refractivity contribution is 5.72. The first-order chi connectivity index (χ1) is 17.6. The van der Waals surface area contributed by atoms with Gasteiger partial charge < -0.3 is 20.1 Å². The summed E-state index contributed by atoms with van der Waals surface area (Å²) in [6.45, 7) is 17.8. The van der Waals surface area contributed by atoms with Gasteiger partial charge in [-0.05, 0) is 75.7 Å². The SMILES string of the molecule is CC(/C=C\[C@H](C)[C@@]1(C)[C@@H](O)C(C)[C@@H](O)[C@@H]1CC[C@@H](O)C(C)Cc1ccccc1)CC(C)C(=O)OC(C)(C)C. The van der Waals surface area contributed by atoms with E-state index in [9.17, 15) is 20.1 Å². The van der Waals surface area contributed by atoms with Crippen LogP contribution in [-0.4, -0.2) is 45.2 Å². The second-order valence-corrected chi connectivity index (χ2v) is 13.4. The summed E-state index contributed by atoms with van der Waals surface area (Å²) >= 11 is 0. The number of hydrogen-bond donors (Lipinski definition) is 3. The lowest BCUT2D eigenvalue weighted by Gasteiger charge is -2.40. The van der Waals surface area contributed by atoms with Crippen LogP contribution < -0.4 is 0 Å². The van der Waals surface area contributed by atoms with Gasteiger partial charge in [0.05, 0.1) is 24.2 Å². The Kier molecular flexibility index (Phi) is 11.6. The summed E-state index contributed by atoms with van der Waals surface area (Å²) in [5.41, 5.74) is 0.197. The first-order valence-corrected chi connectivity index (χ1v) is 14.6. The van der Waals surface area contributed by atoms with Crippen molar-refractivity contribution in [2.45, 2.75) is 112 Å². The molecule has 216 valence electrons. The minimum absolute atomic E-state index is 0.0141. The molecule has 2 rings (SSSR count). The molecule has 1 saturated carbocycles. The van der Waals surface area contributed by atoms with E-state index in [-0.39, 0.29) is 41.5 Å². The van der Waals surface area contributed by atoms with Gasteiger partial charge in [-0.25, -0.2) is 0 Å². The second-order valence-electron chi connectivity index (χ2n) is 13.4. The van der Waals surface area contributed by atoms with Crippen molar-refractivity contribution in [1.82, 2.24) is 0 Å². The van der Waals surface area contributed by atoms with Crippen LogP contribution in [0.15, 0.2) is 42.5 Å². The van der Waals surface area contributed by atoms with E-state index in [2.05, 4.69) is 52.0 Å². The lowest BCUT2D eigenvalue weighted by atomic mass is 9.66. The molecule has 10 atom stereocenters. The molecule has 38 heavy (non-hydrogen) atoms. The molecule has 1 fully saturated rings. The monoisotopic (exact) mass is 530 g/mol. The second kappa shape index (κ2) is 13.6. The number of benzene rings is 1. The third-order valence-corrected chi connectivity index (χ3v) is 8.96. The molecular weight excluding hydrogens is 476 g/mol. The van der Waals surface area contributed by atoms with Crippen molar-refractivity contribution >= 4 is 5.97 Å². The zero-order chi connectivity index (χ0) is 28.8. The summed E-state index contributed by atoms with van der Waals surface area (Å²) in [5, 5.41) is 33.3. The molecule has 0 aromatic heterocycles. The maximum Gasteiger partial charge on any atom is 0.309 e. The van der Waals surface area contributed by atoms with Crippen LogP contribution in [0.1, 0.15) is 87.1 Å². The average molecular weight is 531 g/mol. The summed E-state index contributed by atoms with van der Waals surface area (Å²) < 4.78 is 5.53. The summed E-state index contributed by atoms with van der Waals surface area (Å²) in [6, 6.07) is 10.2. The molecular formula is C33H54O5. The van der Waals surface area contributed by atoms with E-state index in [0.29, 0.717) is 19.3 Å². The molecule has 1 aromatic rings. The Morgan fingerprint density at radius 2 is 1.68 bits per heavy atom. The van der Waals surface area contributed by atoms with E-state index in [1.54, 1.807) is 0 Å². The first-order valence-electron chi connectivity index (χ1n) is 14.6. The molecule has 5 heteroatoms. The number of aliphatic hydroxyl groups excluding tert-OH is 3. The van der Waals surface area contributed by atoms with E-state index < -0.39 is 29.3 Å². The molecule has 0 heterocycles. The topological polar surface area (TPSA) is 87.0 Å². The lowest BCUT2D eigenvalue weighted by molar-refractivity contribution is -0.159. The first kappa shape index (κ1) is 32.5. The number of hydrogen-bond acceptors (Lipinski definition) is 5. The predicted octanol–water partition coefficient (Wildman–Crippen LogP) is 6.20. The largest absolute Gasteiger partial charge is 0.460 e. The molecule has 1 aliphatic rings. The fourth-order valence-electron chi connectivity index (χ4n) is 6.25. The predicted molar refractivity (Wildman–Crippen MR) is 154 cm³/mol. The van der Waals surface area contributed by atoms with Crippen LogP contribution in [0, 0.1) is 40.9 Å². The van der Waals surface area contributed by atoms with Gasteiger partial charge in [0, 0.05) is 11.3 Å². The summed E-state index contributed by atoms with van der Waals surface area (Å²) in [6.07, 6.45) is 5.28. The van der Waals surface area contributed by atoms with Gasteiger partial charge in [0.15, 0.2) is 0 Å². The lowest BCUT2D eigenvalue weighted by Crippen LogP contribution is -2.40. The van der Waals surface area contributed by atoms with Crippen LogP contribution in [0.25, 0.3) is 0 Å². The maximum atomic E-state index is 12.4. The van der Waals surface area contributed by atoms with Gasteiger partial charge in [0.25, 0.3) is 0 Å². The van der Waals surface area contributed by atoms with E-state index in [1.165, 1.54) is 5.56 Å². The molecule has 0 radical (unpaired) electrons. The van der Waals surface area contributed by atoms with Crippen molar-refractivity contribution in [2.24, 2.45) is 40.9 Å². The smallest absolute Gasteiger partial charge is 0.309 e. The van der Waals surface area contributed by atoms with Gasteiger partial charge in [-0.2, -0.15) is 0 Å². The molecule has 0 saturated heterocycles. The van der Waals surface area contributed by atoms with Gasteiger partial charge >= 0.3 is 5.97 Å². The van der Waals surface area contributed by atoms with Gasteiger partial charge in [-0.1, -0.05) is 84.0 Å². The Labute approximate surface area is 231 Å². The van der Waals surface area contributed by atoms with Crippen LogP contribution in [0.4, 0.5) is 0 Å². The molecule has 1 aromatic carbocycles. The molecule has 3 N–H and O–H groups in total. The minimum Gasteiger partial charge on any atom is -0.460 e. The van der Waals surface area contributed by atoms with Crippen molar-refractivity contribution in [2.75, 3.05) is 0 Å². The number of aliphatic hydroxyl groups is 3. The number of carbonyl (C=O) groups excluding carboxylic acids is 1. The standard InChI is InChI=1S/C33H54O5/c1-21(19-23(3)31(37)38-32(6,7)8)15-16-24(4)33(9)27(29(35)25(5)30(33)36)17-18-28(34)22(2)20-26-13-11-10-12-14-26/h10-16,21-25,27-30,34-36H,17-20H2,1-9H3/b16-15-/t21?,22?,23?,24-,25?,27-,28+,29+,30-,33+/m0/s1. The molecule has 5 nitrogen and oxygen atoms in total. The Bertz CT molecular complexity index is 890. The summed E-state index contributed by atoms with van der Waals surface area (Å²) in [4.78, 5) is 12.4. The van der Waals surface area contributed by atoms with Crippen LogP contribution in [0.5, 0.6) is 0 Å². The number of ether oxygens (including phenoxy) is 1. The molecule has 1 aliphatic carbocycles. The Morgan fingerprint density at radius 3 is 2.26 bits per heavy atom. The average Bonchev–Trinajstić information content (AvgIpc) is 3.00. The van der Waals surface area contributed by atoms with Crippen LogP contribution >= 0.6 is 0 Å². The zero-order valence-corrected chi connectivity index (χ0v) is 25.2. The van der Waals surface area contributed by atoms with Crippen LogP contribution in [0.2, 0.25) is 0 Å². The van der Waals surface area contributed by atoms with Crippen molar-refractivity contribution < 1.29 is 24.9 Å². The Balaban J connectivity index is 2.04. The van der Waals surface area contributed by atoms with Gasteiger partial charge in [0.1, 0.15) is 5.60 Å². The highest BCUT2D eigenvalue weighted by Gasteiger charge is 2.56. The van der Waals surface area contributed by atoms with E-state index in [4.69, 9.17) is 4.74 Å². The number of esters is 1. The number of carbonyl (C=O) groups is 1. The highest BCUT2D eigenvalue weighted by atomic mass is 16.6. The molecule has 0 bridgehead atoms. The Hall–Kier alpha value is -1.69. The van der Waals surface area contributed by atoms with Crippen LogP contribution in [0.3, 0.4) is 0 Å². The highest BCUT2D eigenvalue weighted by Crippen LogP contribution is 2.53.